The van der Waals surface area contributed by atoms with Crippen LogP contribution in [0.25, 0.3) is 5.69 Å². The van der Waals surface area contributed by atoms with Crippen molar-refractivity contribution in [1.29, 1.82) is 0 Å². The molecule has 3 aromatic rings. The van der Waals surface area contributed by atoms with Crippen molar-refractivity contribution in [3.63, 3.8) is 0 Å². The molecule has 1 amide bonds. The van der Waals surface area contributed by atoms with Gasteiger partial charge < -0.3 is 10.1 Å². The number of nitrogens with one attached hydrogen (secondary N) is 1. The highest BCUT2D eigenvalue weighted by atomic mass is 16.5. The van der Waals surface area contributed by atoms with E-state index < -0.39 is 0 Å². The SMILES string of the molecule is COc1c(C(C)C)ccc(C)c1C(=O)Nc1c(C)n(C)n(-c2ccccc2)c1=O. The number of rotatable bonds is 5. The molecular weight excluding hydrogens is 366 g/mol. The largest absolute Gasteiger partial charge is 0.496 e. The molecule has 1 aromatic heterocycles. The molecular formula is C23H27N3O3. The first-order valence-electron chi connectivity index (χ1n) is 9.60. The van der Waals surface area contributed by atoms with Gasteiger partial charge in [0.1, 0.15) is 11.4 Å². The average molecular weight is 393 g/mol. The van der Waals surface area contributed by atoms with Crippen molar-refractivity contribution in [2.24, 2.45) is 7.05 Å². The molecule has 0 bridgehead atoms. The number of aryl methyl sites for hydroxylation is 1. The van der Waals surface area contributed by atoms with Gasteiger partial charge in [-0.3, -0.25) is 14.3 Å². The highest BCUT2D eigenvalue weighted by Gasteiger charge is 2.24. The highest BCUT2D eigenvalue weighted by molar-refractivity contribution is 6.07. The number of nitrogens with zero attached hydrogens (tertiary/aromatic N) is 2. The van der Waals surface area contributed by atoms with Crippen LogP contribution in [-0.2, 0) is 7.05 Å². The number of amides is 1. The second-order valence-electron chi connectivity index (χ2n) is 7.43. The fraction of sp³-hybridized carbons (Fsp3) is 0.304. The molecule has 0 spiro atoms. The maximum atomic E-state index is 13.2. The van der Waals surface area contributed by atoms with Crippen LogP contribution in [0.1, 0.15) is 46.9 Å². The van der Waals surface area contributed by atoms with Gasteiger partial charge in [-0.05, 0) is 43.0 Å². The van der Waals surface area contributed by atoms with E-state index in [4.69, 9.17) is 4.74 Å². The van der Waals surface area contributed by atoms with Gasteiger partial charge in [-0.1, -0.05) is 44.2 Å². The van der Waals surface area contributed by atoms with Gasteiger partial charge in [0.15, 0.2) is 0 Å². The molecule has 0 atom stereocenters. The zero-order chi connectivity index (χ0) is 21.3. The number of hydrogen-bond donors (Lipinski definition) is 1. The van der Waals surface area contributed by atoms with Gasteiger partial charge in [-0.25, -0.2) is 4.68 Å². The molecule has 152 valence electrons. The Morgan fingerprint density at radius 2 is 1.72 bits per heavy atom. The summed E-state index contributed by atoms with van der Waals surface area (Å²) in [6.07, 6.45) is 0. The lowest BCUT2D eigenvalue weighted by atomic mass is 9.95. The lowest BCUT2D eigenvalue weighted by Gasteiger charge is -2.17. The van der Waals surface area contributed by atoms with Crippen LogP contribution in [0, 0.1) is 13.8 Å². The molecule has 1 heterocycles. The Morgan fingerprint density at radius 1 is 1.07 bits per heavy atom. The maximum absolute atomic E-state index is 13.2. The van der Waals surface area contributed by atoms with Crippen molar-refractivity contribution in [2.45, 2.75) is 33.6 Å². The van der Waals surface area contributed by atoms with E-state index in [-0.39, 0.29) is 23.1 Å². The van der Waals surface area contributed by atoms with Crippen LogP contribution < -0.4 is 15.6 Å². The summed E-state index contributed by atoms with van der Waals surface area (Å²) in [6.45, 7) is 7.77. The monoisotopic (exact) mass is 393 g/mol. The van der Waals surface area contributed by atoms with Gasteiger partial charge in [0.2, 0.25) is 0 Å². The van der Waals surface area contributed by atoms with Gasteiger partial charge in [0.25, 0.3) is 11.5 Å². The van der Waals surface area contributed by atoms with E-state index in [9.17, 15) is 9.59 Å². The smallest absolute Gasteiger partial charge is 0.295 e. The summed E-state index contributed by atoms with van der Waals surface area (Å²) in [7, 11) is 3.36. The summed E-state index contributed by atoms with van der Waals surface area (Å²) in [4.78, 5) is 26.3. The van der Waals surface area contributed by atoms with E-state index in [1.807, 2.05) is 56.3 Å². The van der Waals surface area contributed by atoms with Crippen molar-refractivity contribution in [3.05, 3.63) is 75.2 Å². The Hall–Kier alpha value is -3.28. The van der Waals surface area contributed by atoms with Crippen molar-refractivity contribution < 1.29 is 9.53 Å². The molecule has 0 fully saturated rings. The van der Waals surface area contributed by atoms with Crippen LogP contribution in [0.5, 0.6) is 5.75 Å². The van der Waals surface area contributed by atoms with Crippen LogP contribution in [0.3, 0.4) is 0 Å². The fourth-order valence-corrected chi connectivity index (χ4v) is 3.54. The highest BCUT2D eigenvalue weighted by Crippen LogP contribution is 2.32. The summed E-state index contributed by atoms with van der Waals surface area (Å²) < 4.78 is 8.87. The number of benzene rings is 2. The van der Waals surface area contributed by atoms with Crippen molar-refractivity contribution in [1.82, 2.24) is 9.36 Å². The predicted molar refractivity (Wildman–Crippen MR) is 116 cm³/mol. The third-order valence-electron chi connectivity index (χ3n) is 5.24. The Balaban J connectivity index is 2.08. The number of aromatic nitrogens is 2. The summed E-state index contributed by atoms with van der Waals surface area (Å²) in [6, 6.07) is 13.2. The van der Waals surface area contributed by atoms with Gasteiger partial charge in [0.05, 0.1) is 24.1 Å². The van der Waals surface area contributed by atoms with E-state index in [1.54, 1.807) is 23.5 Å². The molecule has 0 aliphatic carbocycles. The normalized spacial score (nSPS) is 11.0. The van der Waals surface area contributed by atoms with E-state index in [1.165, 1.54) is 0 Å². The number of carbonyl (C=O) groups excluding carboxylic acids is 1. The maximum Gasteiger partial charge on any atom is 0.295 e. The topological polar surface area (TPSA) is 65.3 Å². The van der Waals surface area contributed by atoms with Crippen molar-refractivity contribution >= 4 is 11.6 Å². The lowest BCUT2D eigenvalue weighted by Crippen LogP contribution is -2.23. The first-order valence-corrected chi connectivity index (χ1v) is 9.60. The third-order valence-corrected chi connectivity index (χ3v) is 5.24. The minimum Gasteiger partial charge on any atom is -0.496 e. The summed E-state index contributed by atoms with van der Waals surface area (Å²) >= 11 is 0. The number of methoxy groups -OCH3 is 1. The molecule has 2 aromatic carbocycles. The van der Waals surface area contributed by atoms with Crippen LogP contribution in [-0.4, -0.2) is 22.4 Å². The molecule has 1 N–H and O–H groups in total. The van der Waals surface area contributed by atoms with Crippen LogP contribution in [0.2, 0.25) is 0 Å². The number of anilines is 1. The first kappa shape index (κ1) is 20.5. The average Bonchev–Trinajstić information content (AvgIpc) is 2.91. The van der Waals surface area contributed by atoms with E-state index in [2.05, 4.69) is 19.2 Å². The van der Waals surface area contributed by atoms with Crippen molar-refractivity contribution in [3.8, 4) is 11.4 Å². The van der Waals surface area contributed by atoms with E-state index in [0.29, 0.717) is 17.0 Å². The zero-order valence-electron chi connectivity index (χ0n) is 17.7. The molecule has 3 rings (SSSR count). The second kappa shape index (κ2) is 7.99. The van der Waals surface area contributed by atoms with Gasteiger partial charge in [-0.15, -0.1) is 0 Å². The van der Waals surface area contributed by atoms with Crippen LogP contribution >= 0.6 is 0 Å². The third kappa shape index (κ3) is 3.58. The van der Waals surface area contributed by atoms with Crippen LogP contribution in [0.4, 0.5) is 5.69 Å². The Bertz CT molecular complexity index is 1110. The lowest BCUT2D eigenvalue weighted by molar-refractivity contribution is 0.102. The number of hydrogen-bond acceptors (Lipinski definition) is 3. The molecule has 0 aliphatic rings. The van der Waals surface area contributed by atoms with Crippen LogP contribution in [0.15, 0.2) is 47.3 Å². The molecule has 0 saturated carbocycles. The van der Waals surface area contributed by atoms with E-state index >= 15 is 0 Å². The minimum atomic E-state index is -0.354. The Kier molecular flexibility index (Phi) is 5.64. The Morgan fingerprint density at radius 3 is 2.31 bits per heavy atom. The first-order chi connectivity index (χ1) is 13.8. The molecule has 6 nitrogen and oxygen atoms in total. The number of para-hydroxylation sites is 1. The fourth-order valence-electron chi connectivity index (χ4n) is 3.54. The summed E-state index contributed by atoms with van der Waals surface area (Å²) in [5.74, 6) is 0.396. The summed E-state index contributed by atoms with van der Waals surface area (Å²) in [5, 5.41) is 2.83. The standard InChI is InChI=1S/C23H27N3O3/c1-14(2)18-13-12-15(3)19(21(18)29-6)22(27)24-20-16(4)25(5)26(23(20)28)17-10-8-7-9-11-17/h7-14H,1-6H3,(H,24,27). The van der Waals surface area contributed by atoms with E-state index in [0.717, 1.165) is 16.8 Å². The Labute approximate surface area is 170 Å². The van der Waals surface area contributed by atoms with Gasteiger partial charge in [-0.2, -0.15) is 0 Å². The summed E-state index contributed by atoms with van der Waals surface area (Å²) in [5.41, 5.74) is 3.59. The molecule has 29 heavy (non-hydrogen) atoms. The second-order valence-corrected chi connectivity index (χ2v) is 7.43. The molecule has 0 unspecified atom stereocenters. The van der Waals surface area contributed by atoms with Gasteiger partial charge >= 0.3 is 0 Å². The molecule has 6 heteroatoms. The number of ether oxygens (including phenoxy) is 1. The zero-order valence-corrected chi connectivity index (χ0v) is 17.7. The van der Waals surface area contributed by atoms with Gasteiger partial charge in [0, 0.05) is 7.05 Å². The molecule has 0 radical (unpaired) electrons. The number of carbonyl (C=O) groups is 1. The molecule has 0 aliphatic heterocycles. The molecule has 0 saturated heterocycles. The predicted octanol–water partition coefficient (Wildman–Crippen LogP) is 4.18. The quantitative estimate of drug-likeness (QED) is 0.707. The minimum absolute atomic E-state index is 0.200. The van der Waals surface area contributed by atoms with Crippen molar-refractivity contribution in [2.75, 3.05) is 12.4 Å².